The largest absolute Gasteiger partial charge is 0.459 e. The number of rotatable bonds is 4. The van der Waals surface area contributed by atoms with E-state index in [0.29, 0.717) is 6.54 Å². The van der Waals surface area contributed by atoms with Gasteiger partial charge in [-0.25, -0.2) is 0 Å². The third-order valence-corrected chi connectivity index (χ3v) is 2.20. The van der Waals surface area contributed by atoms with E-state index in [0.717, 1.165) is 9.53 Å². The molecule has 16 heavy (non-hydrogen) atoms. The molecular weight excluding hydrogens is 321 g/mol. The SMILES string of the molecule is CC(C)(C)OC(=O)CNCc1ccc(I)o1. The van der Waals surface area contributed by atoms with Crippen LogP contribution in [0, 0.1) is 3.77 Å². The van der Waals surface area contributed by atoms with E-state index in [2.05, 4.69) is 27.9 Å². The van der Waals surface area contributed by atoms with Gasteiger partial charge in [-0.3, -0.25) is 10.1 Å². The Bertz CT molecular complexity index is 354. The van der Waals surface area contributed by atoms with Gasteiger partial charge in [-0.15, -0.1) is 0 Å². The van der Waals surface area contributed by atoms with Crippen LogP contribution in [0.1, 0.15) is 26.5 Å². The number of carbonyl (C=O) groups excluding carboxylic acids is 1. The first kappa shape index (κ1) is 13.5. The lowest BCUT2D eigenvalue weighted by Crippen LogP contribution is -2.31. The van der Waals surface area contributed by atoms with Crippen molar-refractivity contribution in [2.75, 3.05) is 6.54 Å². The second-order valence-corrected chi connectivity index (χ2v) is 5.46. The standard InChI is InChI=1S/C11H16INO3/c1-11(2,3)16-10(14)7-13-6-8-4-5-9(12)15-8/h4-5,13H,6-7H2,1-3H3. The predicted molar refractivity (Wildman–Crippen MR) is 69.0 cm³/mol. The van der Waals surface area contributed by atoms with Crippen LogP contribution in [0.25, 0.3) is 0 Å². The minimum Gasteiger partial charge on any atom is -0.459 e. The van der Waals surface area contributed by atoms with Crippen molar-refractivity contribution in [2.45, 2.75) is 32.9 Å². The molecule has 90 valence electrons. The number of carbonyl (C=O) groups is 1. The van der Waals surface area contributed by atoms with Crippen molar-refractivity contribution >= 4 is 28.6 Å². The number of esters is 1. The molecule has 1 N–H and O–H groups in total. The van der Waals surface area contributed by atoms with Gasteiger partial charge in [0.05, 0.1) is 13.1 Å². The first-order valence-electron chi connectivity index (χ1n) is 5.03. The molecule has 1 rings (SSSR count). The topological polar surface area (TPSA) is 51.5 Å². The monoisotopic (exact) mass is 337 g/mol. The maximum atomic E-state index is 11.3. The van der Waals surface area contributed by atoms with Gasteiger partial charge in [0.2, 0.25) is 0 Å². The second-order valence-electron chi connectivity index (χ2n) is 4.40. The fourth-order valence-corrected chi connectivity index (χ4v) is 1.57. The molecular formula is C11H16INO3. The molecule has 0 aromatic carbocycles. The van der Waals surface area contributed by atoms with E-state index in [9.17, 15) is 4.79 Å². The van der Waals surface area contributed by atoms with Crippen molar-refractivity contribution in [1.82, 2.24) is 5.32 Å². The Balaban J connectivity index is 2.23. The minimum atomic E-state index is -0.432. The Morgan fingerprint density at radius 3 is 2.69 bits per heavy atom. The summed E-state index contributed by atoms with van der Waals surface area (Å²) in [6.07, 6.45) is 0. The highest BCUT2D eigenvalue weighted by atomic mass is 127. The zero-order valence-electron chi connectivity index (χ0n) is 9.67. The van der Waals surface area contributed by atoms with Gasteiger partial charge in [0.1, 0.15) is 11.4 Å². The third kappa shape index (κ3) is 5.50. The highest BCUT2D eigenvalue weighted by Crippen LogP contribution is 2.09. The van der Waals surface area contributed by atoms with Gasteiger partial charge < -0.3 is 9.15 Å². The summed E-state index contributed by atoms with van der Waals surface area (Å²) in [6, 6.07) is 3.76. The highest BCUT2D eigenvalue weighted by molar-refractivity contribution is 14.1. The number of nitrogens with one attached hydrogen (secondary N) is 1. The average molecular weight is 337 g/mol. The molecule has 0 spiro atoms. The molecule has 0 fully saturated rings. The van der Waals surface area contributed by atoms with Crippen LogP contribution in [0.3, 0.4) is 0 Å². The zero-order valence-corrected chi connectivity index (χ0v) is 11.8. The summed E-state index contributed by atoms with van der Waals surface area (Å²) in [5.74, 6) is 0.557. The van der Waals surface area contributed by atoms with E-state index in [1.54, 1.807) is 0 Å². The zero-order chi connectivity index (χ0) is 12.2. The van der Waals surface area contributed by atoms with Gasteiger partial charge in [-0.2, -0.15) is 0 Å². The van der Waals surface area contributed by atoms with Crippen LogP contribution in [-0.4, -0.2) is 18.1 Å². The minimum absolute atomic E-state index is 0.189. The smallest absolute Gasteiger partial charge is 0.320 e. The van der Waals surface area contributed by atoms with Gasteiger partial charge >= 0.3 is 5.97 Å². The van der Waals surface area contributed by atoms with Crippen molar-refractivity contribution in [2.24, 2.45) is 0 Å². The van der Waals surface area contributed by atoms with Gasteiger partial charge in [-0.1, -0.05) is 0 Å². The molecule has 0 saturated heterocycles. The number of hydrogen-bond acceptors (Lipinski definition) is 4. The molecule has 0 saturated carbocycles. The Hall–Kier alpha value is -0.560. The normalized spacial score (nSPS) is 11.5. The fraction of sp³-hybridized carbons (Fsp3) is 0.545. The summed E-state index contributed by atoms with van der Waals surface area (Å²) in [4.78, 5) is 11.3. The quantitative estimate of drug-likeness (QED) is 0.677. The lowest BCUT2D eigenvalue weighted by Gasteiger charge is -2.19. The van der Waals surface area contributed by atoms with Crippen molar-refractivity contribution in [1.29, 1.82) is 0 Å². The van der Waals surface area contributed by atoms with E-state index in [4.69, 9.17) is 9.15 Å². The molecule has 1 heterocycles. The molecule has 1 aromatic rings. The van der Waals surface area contributed by atoms with Crippen LogP contribution in [-0.2, 0) is 16.1 Å². The molecule has 0 radical (unpaired) electrons. The van der Waals surface area contributed by atoms with E-state index in [1.165, 1.54) is 0 Å². The Labute approximate surface area is 109 Å². The Kier molecular flexibility index (Phi) is 4.79. The first-order valence-corrected chi connectivity index (χ1v) is 6.11. The maximum absolute atomic E-state index is 11.3. The molecule has 0 aliphatic carbocycles. The summed E-state index contributed by atoms with van der Waals surface area (Å²) < 4.78 is 11.3. The number of hydrogen-bond donors (Lipinski definition) is 1. The van der Waals surface area contributed by atoms with E-state index >= 15 is 0 Å². The van der Waals surface area contributed by atoms with Gasteiger partial charge in [0, 0.05) is 0 Å². The first-order chi connectivity index (χ1) is 7.37. The lowest BCUT2D eigenvalue weighted by atomic mass is 10.2. The molecule has 4 nitrogen and oxygen atoms in total. The van der Waals surface area contributed by atoms with Crippen molar-refractivity contribution in [3.05, 3.63) is 21.7 Å². The molecule has 0 atom stereocenters. The summed E-state index contributed by atoms with van der Waals surface area (Å²) in [7, 11) is 0. The fourth-order valence-electron chi connectivity index (χ4n) is 1.11. The predicted octanol–water partition coefficient (Wildman–Crippen LogP) is 2.32. The molecule has 0 aliphatic heterocycles. The Morgan fingerprint density at radius 2 is 2.19 bits per heavy atom. The Morgan fingerprint density at radius 1 is 1.50 bits per heavy atom. The maximum Gasteiger partial charge on any atom is 0.320 e. The number of halogens is 1. The van der Waals surface area contributed by atoms with Crippen LogP contribution >= 0.6 is 22.6 Å². The van der Waals surface area contributed by atoms with Crippen LogP contribution in [0.2, 0.25) is 0 Å². The van der Waals surface area contributed by atoms with Crippen molar-refractivity contribution < 1.29 is 13.9 Å². The van der Waals surface area contributed by atoms with Crippen molar-refractivity contribution in [3.63, 3.8) is 0 Å². The second kappa shape index (κ2) is 5.67. The van der Waals surface area contributed by atoms with E-state index in [1.807, 2.05) is 32.9 Å². The summed E-state index contributed by atoms with van der Waals surface area (Å²) in [5, 5.41) is 2.97. The molecule has 0 bridgehead atoms. The van der Waals surface area contributed by atoms with Crippen LogP contribution in [0.15, 0.2) is 16.5 Å². The van der Waals surface area contributed by atoms with Crippen LogP contribution in [0.4, 0.5) is 0 Å². The summed E-state index contributed by atoms with van der Waals surface area (Å²) >= 11 is 2.10. The molecule has 0 amide bonds. The van der Waals surface area contributed by atoms with Gasteiger partial charge in [-0.05, 0) is 55.5 Å². The van der Waals surface area contributed by atoms with Gasteiger partial charge in [0.25, 0.3) is 0 Å². The lowest BCUT2D eigenvalue weighted by molar-refractivity contribution is -0.153. The highest BCUT2D eigenvalue weighted by Gasteiger charge is 2.15. The summed E-state index contributed by atoms with van der Waals surface area (Å²) in [6.45, 7) is 6.26. The van der Waals surface area contributed by atoms with Gasteiger partial charge in [0.15, 0.2) is 3.77 Å². The van der Waals surface area contributed by atoms with E-state index < -0.39 is 5.60 Å². The summed E-state index contributed by atoms with van der Waals surface area (Å²) in [5.41, 5.74) is -0.432. The van der Waals surface area contributed by atoms with Crippen LogP contribution in [0.5, 0.6) is 0 Å². The molecule has 0 unspecified atom stereocenters. The van der Waals surface area contributed by atoms with Crippen LogP contribution < -0.4 is 5.32 Å². The average Bonchev–Trinajstić information content (AvgIpc) is 2.48. The van der Waals surface area contributed by atoms with Crippen molar-refractivity contribution in [3.8, 4) is 0 Å². The number of furan rings is 1. The molecule has 1 aromatic heterocycles. The third-order valence-electron chi connectivity index (χ3n) is 1.62. The molecule has 0 aliphatic rings. The van der Waals surface area contributed by atoms with E-state index in [-0.39, 0.29) is 12.5 Å². The number of ether oxygens (including phenoxy) is 1. The molecule has 5 heteroatoms.